The Hall–Kier alpha value is -2.89. The molecule has 2 rings (SSSR count). The van der Waals surface area contributed by atoms with Gasteiger partial charge in [-0.1, -0.05) is 49.6 Å². The smallest absolute Gasteiger partial charge is 0.303 e. The van der Waals surface area contributed by atoms with Gasteiger partial charge < -0.3 is 14.9 Å². The fourth-order valence-corrected chi connectivity index (χ4v) is 5.52. The predicted molar refractivity (Wildman–Crippen MR) is 151 cm³/mol. The highest BCUT2D eigenvalue weighted by molar-refractivity contribution is 6.25. The van der Waals surface area contributed by atoms with Gasteiger partial charge in [-0.2, -0.15) is 0 Å². The lowest BCUT2D eigenvalue weighted by molar-refractivity contribution is -0.137. The maximum atomic E-state index is 14.5. The summed E-state index contributed by atoms with van der Waals surface area (Å²) in [6.07, 6.45) is 4.20. The number of carbonyl (C=O) groups excluding carboxylic acids is 2. The Morgan fingerprint density at radius 3 is 2.26 bits per heavy atom. The molecule has 6 heteroatoms. The number of carbonyl (C=O) groups is 3. The van der Waals surface area contributed by atoms with Crippen LogP contribution in [0, 0.1) is 23.2 Å². The number of ether oxygens (including phenoxy) is 1. The second-order valence-electron chi connectivity index (χ2n) is 11.7. The van der Waals surface area contributed by atoms with Crippen molar-refractivity contribution in [1.29, 1.82) is 0 Å². The molecular formula is C32H46O6. The summed E-state index contributed by atoms with van der Waals surface area (Å²) in [5.41, 5.74) is 1.72. The van der Waals surface area contributed by atoms with E-state index in [0.717, 1.165) is 23.1 Å². The van der Waals surface area contributed by atoms with Crippen molar-refractivity contribution in [2.45, 2.75) is 99.5 Å². The zero-order valence-corrected chi connectivity index (χ0v) is 24.3. The van der Waals surface area contributed by atoms with E-state index in [2.05, 4.69) is 13.2 Å². The third-order valence-electron chi connectivity index (χ3n) is 8.05. The number of carboxylic acids is 1. The van der Waals surface area contributed by atoms with E-state index < -0.39 is 35.1 Å². The molecule has 3 unspecified atom stereocenters. The molecule has 0 saturated carbocycles. The Morgan fingerprint density at radius 1 is 1.13 bits per heavy atom. The predicted octanol–water partition coefficient (Wildman–Crippen LogP) is 7.43. The lowest BCUT2D eigenvalue weighted by Gasteiger charge is -2.44. The molecule has 0 amide bonds. The number of aliphatic hydroxyl groups excluding tert-OH is 1. The fourth-order valence-electron chi connectivity index (χ4n) is 5.52. The molecule has 0 bridgehead atoms. The van der Waals surface area contributed by atoms with Gasteiger partial charge in [0.2, 0.25) is 0 Å². The Labute approximate surface area is 228 Å². The standard InChI is InChI=1S/C32H46O6/c1-10-11-23(16-25(33)34)26-29-27(28(35)21(8)22(9)38-29)31(37)32(30(26)36,15-14-19(4)5)17-24(20(6)7)13-12-18(2)3/h14,21-24,36H,2,6,10-13,15-17H2,1,3-5,7-9H3,(H,33,34)/t21-,22-,23?,24?,32?/m1/s1. The molecular weight excluding hydrogens is 480 g/mol. The molecule has 0 aromatic carbocycles. The average Bonchev–Trinajstić information content (AvgIpc) is 2.80. The lowest BCUT2D eigenvalue weighted by atomic mass is 9.61. The van der Waals surface area contributed by atoms with Gasteiger partial charge in [-0.3, -0.25) is 14.4 Å². The second-order valence-corrected chi connectivity index (χ2v) is 11.7. The molecule has 0 aromatic heterocycles. The second kappa shape index (κ2) is 12.8. The fraction of sp³-hybridized carbons (Fsp3) is 0.594. The van der Waals surface area contributed by atoms with Crippen LogP contribution in [0.15, 0.2) is 58.6 Å². The van der Waals surface area contributed by atoms with E-state index >= 15 is 0 Å². The van der Waals surface area contributed by atoms with Crippen LogP contribution >= 0.6 is 0 Å². The van der Waals surface area contributed by atoms with Gasteiger partial charge in [0, 0.05) is 11.5 Å². The van der Waals surface area contributed by atoms with Crippen molar-refractivity contribution >= 4 is 17.5 Å². The molecule has 2 aliphatic rings. The van der Waals surface area contributed by atoms with Gasteiger partial charge in [-0.15, -0.1) is 6.58 Å². The molecule has 1 aliphatic heterocycles. The molecule has 1 aliphatic carbocycles. The minimum absolute atomic E-state index is 0.0302. The molecule has 0 aromatic rings. The largest absolute Gasteiger partial charge is 0.511 e. The van der Waals surface area contributed by atoms with Gasteiger partial charge in [-0.25, -0.2) is 0 Å². The third-order valence-corrected chi connectivity index (χ3v) is 8.05. The van der Waals surface area contributed by atoms with Gasteiger partial charge in [0.25, 0.3) is 0 Å². The van der Waals surface area contributed by atoms with Gasteiger partial charge in [-0.05, 0) is 72.6 Å². The van der Waals surface area contributed by atoms with Crippen LogP contribution in [0.5, 0.6) is 0 Å². The van der Waals surface area contributed by atoms with Crippen LogP contribution in [-0.4, -0.2) is 33.9 Å². The number of allylic oxidation sites excluding steroid dienone is 7. The number of aliphatic hydroxyl groups is 1. The first-order chi connectivity index (χ1) is 17.7. The summed E-state index contributed by atoms with van der Waals surface area (Å²) in [5.74, 6) is -3.11. The van der Waals surface area contributed by atoms with Crippen LogP contribution in [0.3, 0.4) is 0 Å². The molecule has 210 valence electrons. The maximum Gasteiger partial charge on any atom is 0.303 e. The van der Waals surface area contributed by atoms with E-state index in [1.54, 1.807) is 13.8 Å². The summed E-state index contributed by atoms with van der Waals surface area (Å²) >= 11 is 0. The number of carboxylic acid groups (broad SMARTS) is 1. The summed E-state index contributed by atoms with van der Waals surface area (Å²) < 4.78 is 6.17. The summed E-state index contributed by atoms with van der Waals surface area (Å²) in [6.45, 7) is 21.4. The number of hydrogen-bond donors (Lipinski definition) is 2. The lowest BCUT2D eigenvalue weighted by Crippen LogP contribution is -2.47. The SMILES string of the molecule is C=C(C)CCC(CC1(CC=C(C)C)C(=O)C2=C(O[C@H](C)[C@@H](C)C2=O)C(C(CCC)CC(=O)O)=C1O)C(=C)C. The number of rotatable bonds is 13. The van der Waals surface area contributed by atoms with Crippen LogP contribution in [0.4, 0.5) is 0 Å². The molecule has 1 heterocycles. The van der Waals surface area contributed by atoms with Crippen molar-refractivity contribution in [2.75, 3.05) is 0 Å². The molecule has 2 N–H and O–H groups in total. The first-order valence-electron chi connectivity index (χ1n) is 13.8. The van der Waals surface area contributed by atoms with Crippen LogP contribution in [0.2, 0.25) is 0 Å². The molecule has 0 fully saturated rings. The van der Waals surface area contributed by atoms with Gasteiger partial charge >= 0.3 is 5.97 Å². The number of aliphatic carboxylic acids is 1. The minimum Gasteiger partial charge on any atom is -0.511 e. The Morgan fingerprint density at radius 2 is 1.76 bits per heavy atom. The van der Waals surface area contributed by atoms with E-state index in [4.69, 9.17) is 4.74 Å². The zero-order valence-electron chi connectivity index (χ0n) is 24.3. The monoisotopic (exact) mass is 526 g/mol. The summed E-state index contributed by atoms with van der Waals surface area (Å²) in [4.78, 5) is 40.0. The Bertz CT molecular complexity index is 1080. The molecule has 5 atom stereocenters. The summed E-state index contributed by atoms with van der Waals surface area (Å²) in [7, 11) is 0. The van der Waals surface area contributed by atoms with Gasteiger partial charge in [0.05, 0.1) is 17.8 Å². The quantitative estimate of drug-likeness (QED) is 0.191. The number of hydrogen-bond acceptors (Lipinski definition) is 5. The van der Waals surface area contributed by atoms with Crippen molar-refractivity contribution < 1.29 is 29.3 Å². The van der Waals surface area contributed by atoms with Gasteiger partial charge in [0.15, 0.2) is 11.6 Å². The molecule has 0 saturated heterocycles. The Balaban J connectivity index is 2.91. The van der Waals surface area contributed by atoms with Crippen molar-refractivity contribution in [2.24, 2.45) is 23.2 Å². The highest BCUT2D eigenvalue weighted by atomic mass is 16.5. The van der Waals surface area contributed by atoms with Crippen molar-refractivity contribution in [3.63, 3.8) is 0 Å². The van der Waals surface area contributed by atoms with E-state index in [1.165, 1.54) is 0 Å². The van der Waals surface area contributed by atoms with Crippen LogP contribution in [0.1, 0.15) is 93.4 Å². The van der Waals surface area contributed by atoms with Crippen LogP contribution in [-0.2, 0) is 19.1 Å². The van der Waals surface area contributed by atoms with Crippen molar-refractivity contribution in [3.8, 4) is 0 Å². The molecule has 38 heavy (non-hydrogen) atoms. The van der Waals surface area contributed by atoms with E-state index in [9.17, 15) is 24.6 Å². The van der Waals surface area contributed by atoms with Crippen LogP contribution in [0.25, 0.3) is 0 Å². The van der Waals surface area contributed by atoms with E-state index in [1.807, 2.05) is 40.7 Å². The summed E-state index contributed by atoms with van der Waals surface area (Å²) in [5, 5.41) is 21.9. The first-order valence-corrected chi connectivity index (χ1v) is 13.8. The van der Waals surface area contributed by atoms with E-state index in [-0.39, 0.29) is 48.1 Å². The normalized spacial score (nSPS) is 24.9. The highest BCUT2D eigenvalue weighted by Crippen LogP contribution is 2.53. The third kappa shape index (κ3) is 6.57. The van der Waals surface area contributed by atoms with Gasteiger partial charge in [0.1, 0.15) is 23.2 Å². The van der Waals surface area contributed by atoms with Crippen molar-refractivity contribution in [1.82, 2.24) is 0 Å². The molecule has 0 spiro atoms. The topological polar surface area (TPSA) is 101 Å². The first kappa shape index (κ1) is 31.3. The molecule has 0 radical (unpaired) electrons. The number of ketones is 2. The molecule has 6 nitrogen and oxygen atoms in total. The number of Topliss-reactive ketones (excluding diaryl/α,β-unsaturated/α-hetero) is 2. The minimum atomic E-state index is -1.42. The zero-order chi connectivity index (χ0) is 28.9. The van der Waals surface area contributed by atoms with Crippen molar-refractivity contribution in [3.05, 3.63) is 58.6 Å². The Kier molecular flexibility index (Phi) is 10.5. The maximum absolute atomic E-state index is 14.5. The summed E-state index contributed by atoms with van der Waals surface area (Å²) in [6, 6.07) is 0. The van der Waals surface area contributed by atoms with Crippen LogP contribution < -0.4 is 0 Å². The average molecular weight is 527 g/mol. The highest BCUT2D eigenvalue weighted by Gasteiger charge is 2.55. The van der Waals surface area contributed by atoms with E-state index in [0.29, 0.717) is 24.8 Å².